The fourth-order valence-corrected chi connectivity index (χ4v) is 3.84. The van der Waals surface area contributed by atoms with Crippen molar-refractivity contribution in [1.82, 2.24) is 9.97 Å². The van der Waals surface area contributed by atoms with Crippen molar-refractivity contribution in [3.8, 4) is 17.2 Å². The second kappa shape index (κ2) is 8.84. The summed E-state index contributed by atoms with van der Waals surface area (Å²) in [6, 6.07) is 3.55. The normalized spacial score (nSPS) is 15.3. The van der Waals surface area contributed by atoms with Crippen molar-refractivity contribution in [3.63, 3.8) is 0 Å². The van der Waals surface area contributed by atoms with Crippen molar-refractivity contribution in [2.24, 2.45) is 0 Å². The van der Waals surface area contributed by atoms with E-state index in [-0.39, 0.29) is 10.9 Å². The second-order valence-corrected chi connectivity index (χ2v) is 7.61. The molecule has 0 saturated carbocycles. The Morgan fingerprint density at radius 2 is 1.77 bits per heavy atom. The summed E-state index contributed by atoms with van der Waals surface area (Å²) in [4.78, 5) is 20.4. The van der Waals surface area contributed by atoms with Gasteiger partial charge < -0.3 is 35.0 Å². The van der Waals surface area contributed by atoms with Crippen LogP contribution in [0.2, 0.25) is 0 Å². The number of hydrogen-bond acceptors (Lipinski definition) is 9. The molecular weight excluding hydrogens is 420 g/mol. The smallest absolute Gasteiger partial charge is 0.337 e. The highest BCUT2D eigenvalue weighted by Gasteiger charge is 2.37. The van der Waals surface area contributed by atoms with E-state index in [4.69, 9.17) is 36.9 Å². The van der Waals surface area contributed by atoms with Crippen molar-refractivity contribution in [2.75, 3.05) is 32.4 Å². The minimum atomic E-state index is -0.615. The van der Waals surface area contributed by atoms with Crippen molar-refractivity contribution < 1.29 is 23.7 Å². The van der Waals surface area contributed by atoms with Crippen LogP contribution >= 0.6 is 12.2 Å². The number of carbonyl (C=O) groups is 1. The summed E-state index contributed by atoms with van der Waals surface area (Å²) in [7, 11) is 4.58. The van der Waals surface area contributed by atoms with Gasteiger partial charge in [-0.2, -0.15) is 0 Å². The average Bonchev–Trinajstić information content (AvgIpc) is 2.70. The molecule has 1 unspecified atom stereocenters. The number of aromatic amines is 1. The Morgan fingerprint density at radius 1 is 1.16 bits per heavy atom. The fraction of sp³-hybridized carbons (Fsp3) is 0.381. The standard InChI is InChI=1S/C21H26N4O5S/c1-9(2)30-20(26)14-10(3)23-19-16(18(22)24-21(31)25-19)15(14)11-7-12(27-4)17(29-6)13(8-11)28-5/h7-9,15H,1-6H3,(H4,22,23,24,25,31). The minimum Gasteiger partial charge on any atom is -0.493 e. The van der Waals surface area contributed by atoms with Gasteiger partial charge in [-0.3, -0.25) is 0 Å². The number of ether oxygens (including phenoxy) is 4. The minimum absolute atomic E-state index is 0.230. The molecule has 2 heterocycles. The molecule has 1 aromatic heterocycles. The first-order valence-corrected chi connectivity index (χ1v) is 10.0. The number of carbonyl (C=O) groups excluding carboxylic acids is 1. The molecule has 1 atom stereocenters. The molecule has 4 N–H and O–H groups in total. The van der Waals surface area contributed by atoms with E-state index < -0.39 is 11.9 Å². The number of nitrogens with two attached hydrogens (primary N) is 1. The topological polar surface area (TPSA) is 121 Å². The zero-order valence-corrected chi connectivity index (χ0v) is 19.1. The maximum atomic E-state index is 13.1. The number of anilines is 2. The molecule has 1 aliphatic heterocycles. The number of nitrogens with one attached hydrogen (secondary N) is 2. The summed E-state index contributed by atoms with van der Waals surface area (Å²) in [6.45, 7) is 5.36. The monoisotopic (exact) mass is 446 g/mol. The number of nitrogens with zero attached hydrogens (tertiary/aromatic N) is 1. The summed E-state index contributed by atoms with van der Waals surface area (Å²) in [5, 5.41) is 3.14. The number of rotatable bonds is 6. The van der Waals surface area contributed by atoms with Crippen molar-refractivity contribution in [3.05, 3.63) is 39.3 Å². The van der Waals surface area contributed by atoms with Gasteiger partial charge in [-0.1, -0.05) is 0 Å². The molecule has 0 amide bonds. The third-order valence-corrected chi connectivity index (χ3v) is 5.06. The summed E-state index contributed by atoms with van der Waals surface area (Å²) in [6.07, 6.45) is -0.299. The van der Waals surface area contributed by atoms with Crippen molar-refractivity contribution >= 4 is 29.8 Å². The highest BCUT2D eigenvalue weighted by Crippen LogP contribution is 2.48. The Kier molecular flexibility index (Phi) is 6.40. The SMILES string of the molecule is COc1cc(C2C(C(=O)OC(C)C)=C(C)Nc3nc(=S)[nH]c(N)c32)cc(OC)c1OC. The zero-order chi connectivity index (χ0) is 22.9. The van der Waals surface area contributed by atoms with Gasteiger partial charge in [-0.05, 0) is 50.7 Å². The van der Waals surface area contributed by atoms with Crippen LogP contribution < -0.4 is 25.3 Å². The number of allylic oxidation sites excluding steroid dienone is 1. The van der Waals surface area contributed by atoms with Crippen molar-refractivity contribution in [2.45, 2.75) is 32.8 Å². The van der Waals surface area contributed by atoms with E-state index in [9.17, 15) is 4.79 Å². The summed E-state index contributed by atoms with van der Waals surface area (Å²) < 4.78 is 22.2. The van der Waals surface area contributed by atoms with Crippen LogP contribution in [0.4, 0.5) is 11.6 Å². The van der Waals surface area contributed by atoms with Crippen LogP contribution in [0.5, 0.6) is 17.2 Å². The molecule has 1 aliphatic rings. The average molecular weight is 447 g/mol. The number of benzene rings is 1. The lowest BCUT2D eigenvalue weighted by molar-refractivity contribution is -0.143. The molecule has 0 radical (unpaired) electrons. The van der Waals surface area contributed by atoms with Crippen molar-refractivity contribution in [1.29, 1.82) is 0 Å². The van der Waals surface area contributed by atoms with Gasteiger partial charge >= 0.3 is 5.97 Å². The van der Waals surface area contributed by atoms with Gasteiger partial charge in [0.05, 0.1) is 38.9 Å². The number of fused-ring (bicyclic) bond motifs is 1. The lowest BCUT2D eigenvalue weighted by Crippen LogP contribution is -2.27. The molecule has 10 heteroatoms. The predicted octanol–water partition coefficient (Wildman–Crippen LogP) is 3.53. The molecule has 31 heavy (non-hydrogen) atoms. The summed E-state index contributed by atoms with van der Waals surface area (Å²) >= 11 is 5.18. The molecule has 0 spiro atoms. The van der Waals surface area contributed by atoms with E-state index in [0.717, 1.165) is 0 Å². The number of esters is 1. The van der Waals surface area contributed by atoms with Crippen LogP contribution in [0.25, 0.3) is 0 Å². The highest BCUT2D eigenvalue weighted by atomic mass is 32.1. The molecule has 166 valence electrons. The molecular formula is C21H26N4O5S. The van der Waals surface area contributed by atoms with E-state index in [1.807, 2.05) is 0 Å². The summed E-state index contributed by atoms with van der Waals surface area (Å²) in [5.74, 6) is 1.01. The van der Waals surface area contributed by atoms with Gasteiger partial charge in [0.1, 0.15) is 11.6 Å². The van der Waals surface area contributed by atoms with Crippen LogP contribution in [-0.2, 0) is 9.53 Å². The summed E-state index contributed by atoms with van der Waals surface area (Å²) in [5.41, 5.74) is 8.56. The molecule has 0 aliphatic carbocycles. The number of hydrogen-bond donors (Lipinski definition) is 3. The molecule has 1 aromatic carbocycles. The highest BCUT2D eigenvalue weighted by molar-refractivity contribution is 7.71. The lowest BCUT2D eigenvalue weighted by atomic mass is 9.81. The quantitative estimate of drug-likeness (QED) is 0.452. The van der Waals surface area contributed by atoms with E-state index in [1.165, 1.54) is 21.3 Å². The Bertz CT molecular complexity index is 1080. The number of aromatic nitrogens is 2. The van der Waals surface area contributed by atoms with Crippen LogP contribution in [0.1, 0.15) is 37.8 Å². The Labute approximate surface area is 185 Å². The third-order valence-electron chi connectivity index (χ3n) is 4.87. The first kappa shape index (κ1) is 22.4. The Balaban J connectivity index is 2.33. The van der Waals surface area contributed by atoms with Gasteiger partial charge in [-0.15, -0.1) is 0 Å². The molecule has 0 saturated heterocycles. The fourth-order valence-electron chi connectivity index (χ4n) is 3.64. The molecule has 9 nitrogen and oxygen atoms in total. The van der Waals surface area contributed by atoms with E-state index in [0.29, 0.717) is 51.3 Å². The predicted molar refractivity (Wildman–Crippen MR) is 119 cm³/mol. The molecule has 0 fully saturated rings. The number of methoxy groups -OCH3 is 3. The van der Waals surface area contributed by atoms with E-state index >= 15 is 0 Å². The van der Waals surface area contributed by atoms with Crippen LogP contribution in [-0.4, -0.2) is 43.4 Å². The largest absolute Gasteiger partial charge is 0.493 e. The number of H-pyrrole nitrogens is 1. The maximum absolute atomic E-state index is 13.1. The Hall–Kier alpha value is -3.27. The second-order valence-electron chi connectivity index (χ2n) is 7.23. The first-order valence-electron chi connectivity index (χ1n) is 9.60. The third kappa shape index (κ3) is 4.15. The molecule has 3 rings (SSSR count). The van der Waals surface area contributed by atoms with E-state index in [2.05, 4.69) is 15.3 Å². The van der Waals surface area contributed by atoms with Crippen LogP contribution in [0.3, 0.4) is 0 Å². The van der Waals surface area contributed by atoms with Crippen LogP contribution in [0.15, 0.2) is 23.4 Å². The molecule has 2 aromatic rings. The Morgan fingerprint density at radius 3 is 2.29 bits per heavy atom. The van der Waals surface area contributed by atoms with Gasteiger partial charge in [0.25, 0.3) is 0 Å². The van der Waals surface area contributed by atoms with Gasteiger partial charge in [0.15, 0.2) is 16.3 Å². The van der Waals surface area contributed by atoms with Gasteiger partial charge in [0.2, 0.25) is 5.75 Å². The lowest BCUT2D eigenvalue weighted by Gasteiger charge is -2.31. The van der Waals surface area contributed by atoms with Gasteiger partial charge in [0, 0.05) is 11.3 Å². The number of nitrogen functional groups attached to an aromatic ring is 1. The zero-order valence-electron chi connectivity index (χ0n) is 18.3. The van der Waals surface area contributed by atoms with Gasteiger partial charge in [-0.25, -0.2) is 9.78 Å². The first-order chi connectivity index (χ1) is 14.7. The van der Waals surface area contributed by atoms with Crippen LogP contribution in [0, 0.1) is 4.77 Å². The van der Waals surface area contributed by atoms with E-state index in [1.54, 1.807) is 32.9 Å². The molecule has 0 bridgehead atoms. The maximum Gasteiger partial charge on any atom is 0.337 e.